The number of hydrogen-bond acceptors (Lipinski definition) is 3. The van der Waals surface area contributed by atoms with Crippen molar-refractivity contribution in [3.63, 3.8) is 0 Å². The lowest BCUT2D eigenvalue weighted by molar-refractivity contribution is 0.177. The monoisotopic (exact) mass is 221 g/mol. The highest BCUT2D eigenvalue weighted by Gasteiger charge is 2.32. The molecule has 0 spiro atoms. The minimum absolute atomic E-state index is 0.119. The van der Waals surface area contributed by atoms with Gasteiger partial charge in [-0.15, -0.1) is 0 Å². The molecule has 0 saturated carbocycles. The molecule has 1 fully saturated rings. The van der Waals surface area contributed by atoms with Crippen molar-refractivity contribution in [2.24, 2.45) is 0 Å². The first-order valence-corrected chi connectivity index (χ1v) is 5.77. The highest BCUT2D eigenvalue weighted by atomic mass is 16.5. The molecule has 0 aliphatic carbocycles. The Kier molecular flexibility index (Phi) is 3.46. The SMILES string of the molecule is COc1cccc(CC2(CO)CCCN2)c1. The van der Waals surface area contributed by atoms with Crippen LogP contribution in [0, 0.1) is 0 Å². The van der Waals surface area contributed by atoms with E-state index in [4.69, 9.17) is 4.74 Å². The summed E-state index contributed by atoms with van der Waals surface area (Å²) in [6.45, 7) is 1.20. The minimum atomic E-state index is -0.119. The fourth-order valence-electron chi connectivity index (χ4n) is 2.38. The van der Waals surface area contributed by atoms with Crippen molar-refractivity contribution in [1.82, 2.24) is 5.32 Å². The number of benzene rings is 1. The molecule has 2 N–H and O–H groups in total. The molecule has 2 rings (SSSR count). The summed E-state index contributed by atoms with van der Waals surface area (Å²) in [6, 6.07) is 8.06. The Balaban J connectivity index is 2.12. The van der Waals surface area contributed by atoms with E-state index in [-0.39, 0.29) is 12.1 Å². The van der Waals surface area contributed by atoms with Crippen LogP contribution in [0.1, 0.15) is 18.4 Å². The number of nitrogens with one attached hydrogen (secondary N) is 1. The highest BCUT2D eigenvalue weighted by molar-refractivity contribution is 5.30. The van der Waals surface area contributed by atoms with Gasteiger partial charge in [0.25, 0.3) is 0 Å². The van der Waals surface area contributed by atoms with Crippen molar-refractivity contribution in [3.8, 4) is 5.75 Å². The molecule has 1 atom stereocenters. The standard InChI is InChI=1S/C13H19NO2/c1-16-12-5-2-4-11(8-12)9-13(10-15)6-3-7-14-13/h2,4-5,8,14-15H,3,6-7,9-10H2,1H3. The van der Waals surface area contributed by atoms with Crippen LogP contribution in [0.4, 0.5) is 0 Å². The molecular formula is C13H19NO2. The number of methoxy groups -OCH3 is 1. The molecule has 1 aromatic carbocycles. The second-order valence-corrected chi connectivity index (χ2v) is 4.50. The van der Waals surface area contributed by atoms with Gasteiger partial charge in [-0.1, -0.05) is 12.1 Å². The predicted molar refractivity (Wildman–Crippen MR) is 63.8 cm³/mol. The van der Waals surface area contributed by atoms with Gasteiger partial charge in [-0.25, -0.2) is 0 Å². The summed E-state index contributed by atoms with van der Waals surface area (Å²) in [6.07, 6.45) is 3.05. The zero-order valence-electron chi connectivity index (χ0n) is 9.70. The van der Waals surface area contributed by atoms with Gasteiger partial charge >= 0.3 is 0 Å². The molecule has 16 heavy (non-hydrogen) atoms. The van der Waals surface area contributed by atoms with E-state index < -0.39 is 0 Å². The Morgan fingerprint density at radius 1 is 1.50 bits per heavy atom. The van der Waals surface area contributed by atoms with Crippen molar-refractivity contribution < 1.29 is 9.84 Å². The van der Waals surface area contributed by atoms with E-state index in [1.165, 1.54) is 5.56 Å². The lowest BCUT2D eigenvalue weighted by atomic mass is 9.90. The average Bonchev–Trinajstić information content (AvgIpc) is 2.78. The van der Waals surface area contributed by atoms with E-state index in [0.717, 1.165) is 31.6 Å². The zero-order valence-corrected chi connectivity index (χ0v) is 9.70. The highest BCUT2D eigenvalue weighted by Crippen LogP contribution is 2.25. The summed E-state index contributed by atoms with van der Waals surface area (Å²) in [7, 11) is 1.68. The molecule has 1 aromatic rings. The van der Waals surface area contributed by atoms with E-state index in [1.54, 1.807) is 7.11 Å². The Bertz CT molecular complexity index is 346. The maximum atomic E-state index is 9.51. The van der Waals surface area contributed by atoms with Gasteiger partial charge in [0.05, 0.1) is 13.7 Å². The van der Waals surface area contributed by atoms with Crippen molar-refractivity contribution in [2.75, 3.05) is 20.3 Å². The summed E-state index contributed by atoms with van der Waals surface area (Å²) in [5.41, 5.74) is 1.09. The lowest BCUT2D eigenvalue weighted by Gasteiger charge is -2.27. The molecular weight excluding hydrogens is 202 g/mol. The maximum absolute atomic E-state index is 9.51. The molecule has 3 nitrogen and oxygen atoms in total. The third-order valence-corrected chi connectivity index (χ3v) is 3.31. The number of aliphatic hydroxyl groups is 1. The number of rotatable bonds is 4. The van der Waals surface area contributed by atoms with Gasteiger partial charge in [-0.05, 0) is 43.5 Å². The molecule has 3 heteroatoms. The average molecular weight is 221 g/mol. The molecule has 1 saturated heterocycles. The van der Waals surface area contributed by atoms with Crippen LogP contribution >= 0.6 is 0 Å². The molecule has 1 heterocycles. The molecule has 0 radical (unpaired) electrons. The third-order valence-electron chi connectivity index (χ3n) is 3.31. The van der Waals surface area contributed by atoms with Crippen LogP contribution in [-0.2, 0) is 6.42 Å². The Morgan fingerprint density at radius 3 is 3.00 bits per heavy atom. The van der Waals surface area contributed by atoms with Crippen LogP contribution in [0.25, 0.3) is 0 Å². The lowest BCUT2D eigenvalue weighted by Crippen LogP contribution is -2.45. The van der Waals surface area contributed by atoms with Crippen molar-refractivity contribution >= 4 is 0 Å². The van der Waals surface area contributed by atoms with Gasteiger partial charge in [-0.3, -0.25) is 0 Å². The normalized spacial score (nSPS) is 24.6. The minimum Gasteiger partial charge on any atom is -0.497 e. The largest absolute Gasteiger partial charge is 0.497 e. The van der Waals surface area contributed by atoms with E-state index in [2.05, 4.69) is 11.4 Å². The first-order chi connectivity index (χ1) is 7.78. The van der Waals surface area contributed by atoms with Crippen LogP contribution in [0.2, 0.25) is 0 Å². The molecule has 1 unspecified atom stereocenters. The number of hydrogen-bond donors (Lipinski definition) is 2. The summed E-state index contributed by atoms with van der Waals surface area (Å²) >= 11 is 0. The van der Waals surface area contributed by atoms with Crippen molar-refractivity contribution in [1.29, 1.82) is 0 Å². The Labute approximate surface area is 96.4 Å². The topological polar surface area (TPSA) is 41.5 Å². The molecule has 1 aliphatic rings. The van der Waals surface area contributed by atoms with Crippen LogP contribution < -0.4 is 10.1 Å². The van der Waals surface area contributed by atoms with E-state index >= 15 is 0 Å². The Morgan fingerprint density at radius 2 is 2.38 bits per heavy atom. The van der Waals surface area contributed by atoms with Gasteiger partial charge in [0.2, 0.25) is 0 Å². The second kappa shape index (κ2) is 4.85. The summed E-state index contributed by atoms with van der Waals surface area (Å²) in [5, 5.41) is 12.9. The predicted octanol–water partition coefficient (Wildman–Crippen LogP) is 1.35. The Hall–Kier alpha value is -1.06. The van der Waals surface area contributed by atoms with Gasteiger partial charge in [0, 0.05) is 5.54 Å². The molecule has 0 aromatic heterocycles. The van der Waals surface area contributed by atoms with Gasteiger partial charge in [-0.2, -0.15) is 0 Å². The fraction of sp³-hybridized carbons (Fsp3) is 0.538. The molecule has 1 aliphatic heterocycles. The number of aliphatic hydroxyl groups excluding tert-OH is 1. The quantitative estimate of drug-likeness (QED) is 0.806. The second-order valence-electron chi connectivity index (χ2n) is 4.50. The first-order valence-electron chi connectivity index (χ1n) is 5.77. The molecule has 88 valence electrons. The summed E-state index contributed by atoms with van der Waals surface area (Å²) < 4.78 is 5.20. The van der Waals surface area contributed by atoms with E-state index in [9.17, 15) is 5.11 Å². The first kappa shape index (κ1) is 11.4. The van der Waals surface area contributed by atoms with E-state index in [0.29, 0.717) is 0 Å². The third kappa shape index (κ3) is 2.36. The smallest absolute Gasteiger partial charge is 0.119 e. The van der Waals surface area contributed by atoms with Crippen molar-refractivity contribution in [3.05, 3.63) is 29.8 Å². The maximum Gasteiger partial charge on any atom is 0.119 e. The van der Waals surface area contributed by atoms with Crippen molar-refractivity contribution in [2.45, 2.75) is 24.8 Å². The van der Waals surface area contributed by atoms with E-state index in [1.807, 2.05) is 18.2 Å². The van der Waals surface area contributed by atoms with Crippen LogP contribution in [-0.4, -0.2) is 30.9 Å². The van der Waals surface area contributed by atoms with Gasteiger partial charge < -0.3 is 15.2 Å². The number of ether oxygens (including phenoxy) is 1. The zero-order chi connectivity index (χ0) is 11.4. The summed E-state index contributed by atoms with van der Waals surface area (Å²) in [5.74, 6) is 0.878. The van der Waals surface area contributed by atoms with Crippen LogP contribution in [0.5, 0.6) is 5.75 Å². The van der Waals surface area contributed by atoms with Gasteiger partial charge in [0.15, 0.2) is 0 Å². The summed E-state index contributed by atoms with van der Waals surface area (Å²) in [4.78, 5) is 0. The molecule has 0 bridgehead atoms. The van der Waals surface area contributed by atoms with Crippen LogP contribution in [0.3, 0.4) is 0 Å². The van der Waals surface area contributed by atoms with Crippen LogP contribution in [0.15, 0.2) is 24.3 Å². The van der Waals surface area contributed by atoms with Gasteiger partial charge in [0.1, 0.15) is 5.75 Å². The fourth-order valence-corrected chi connectivity index (χ4v) is 2.38. The molecule has 0 amide bonds.